The highest BCUT2D eigenvalue weighted by Gasteiger charge is 2.40. The summed E-state index contributed by atoms with van der Waals surface area (Å²) in [6.45, 7) is 5.81. The molecule has 5 rings (SSSR count). The molecule has 3 aliphatic heterocycles. The Bertz CT molecular complexity index is 834. The summed E-state index contributed by atoms with van der Waals surface area (Å²) >= 11 is 0. The first kappa shape index (κ1) is 18.4. The van der Waals surface area contributed by atoms with Gasteiger partial charge in [0.25, 0.3) is 5.91 Å². The lowest BCUT2D eigenvalue weighted by molar-refractivity contribution is -0.169. The molecule has 0 radical (unpaired) electrons. The second-order valence-corrected chi connectivity index (χ2v) is 7.59. The number of carbonyl (C=O) groups excluding carboxylic acids is 1. The van der Waals surface area contributed by atoms with E-state index in [0.717, 1.165) is 50.7 Å². The van der Waals surface area contributed by atoms with E-state index in [2.05, 4.69) is 19.8 Å². The van der Waals surface area contributed by atoms with Crippen molar-refractivity contribution in [3.05, 3.63) is 36.5 Å². The Labute approximate surface area is 169 Å². The van der Waals surface area contributed by atoms with E-state index in [-0.39, 0.29) is 11.7 Å². The number of rotatable bonds is 3. The van der Waals surface area contributed by atoms with E-state index < -0.39 is 0 Å². The van der Waals surface area contributed by atoms with Crippen molar-refractivity contribution in [3.63, 3.8) is 0 Å². The number of amides is 1. The van der Waals surface area contributed by atoms with Crippen LogP contribution >= 0.6 is 0 Å². The summed E-state index contributed by atoms with van der Waals surface area (Å²) in [5.74, 6) is 1.77. The first-order valence-electron chi connectivity index (χ1n) is 10.2. The van der Waals surface area contributed by atoms with Crippen LogP contribution in [0, 0.1) is 0 Å². The van der Waals surface area contributed by atoms with Gasteiger partial charge in [-0.25, -0.2) is 9.97 Å². The number of piperidine rings is 1. The van der Waals surface area contributed by atoms with Gasteiger partial charge >= 0.3 is 0 Å². The van der Waals surface area contributed by atoms with Crippen molar-refractivity contribution in [3.8, 4) is 0 Å². The van der Waals surface area contributed by atoms with Gasteiger partial charge in [-0.05, 0) is 12.1 Å². The third-order valence-corrected chi connectivity index (χ3v) is 5.92. The molecule has 0 N–H and O–H groups in total. The first-order chi connectivity index (χ1) is 14.2. The number of piperazine rings is 1. The van der Waals surface area contributed by atoms with Crippen molar-refractivity contribution in [1.82, 2.24) is 14.9 Å². The molecule has 154 valence electrons. The summed E-state index contributed by atoms with van der Waals surface area (Å²) in [4.78, 5) is 27.7. The van der Waals surface area contributed by atoms with Crippen LogP contribution in [0.3, 0.4) is 0 Å². The van der Waals surface area contributed by atoms with E-state index in [1.54, 1.807) is 18.5 Å². The number of nitrogens with zero attached hydrogens (tertiary/aromatic N) is 5. The predicted octanol–water partition coefficient (Wildman–Crippen LogP) is 1.38. The van der Waals surface area contributed by atoms with Gasteiger partial charge in [0.05, 0.1) is 19.5 Å². The molecule has 0 aromatic carbocycles. The van der Waals surface area contributed by atoms with E-state index in [9.17, 15) is 4.79 Å². The van der Waals surface area contributed by atoms with Gasteiger partial charge in [-0.15, -0.1) is 0 Å². The Kier molecular flexibility index (Phi) is 4.84. The van der Waals surface area contributed by atoms with E-state index in [4.69, 9.17) is 13.9 Å². The molecular formula is C20H25N5O4. The average molecular weight is 399 g/mol. The van der Waals surface area contributed by atoms with Crippen LogP contribution in [-0.4, -0.2) is 79.0 Å². The Balaban J connectivity index is 1.20. The van der Waals surface area contributed by atoms with E-state index in [1.807, 2.05) is 11.0 Å². The molecule has 0 bridgehead atoms. The van der Waals surface area contributed by atoms with Crippen LogP contribution < -0.4 is 9.80 Å². The van der Waals surface area contributed by atoms with Crippen molar-refractivity contribution < 1.29 is 18.7 Å². The predicted molar refractivity (Wildman–Crippen MR) is 105 cm³/mol. The molecule has 0 saturated carbocycles. The van der Waals surface area contributed by atoms with Crippen LogP contribution in [0.2, 0.25) is 0 Å². The van der Waals surface area contributed by atoms with Gasteiger partial charge in [-0.3, -0.25) is 4.79 Å². The minimum atomic E-state index is -0.386. The number of hydrogen-bond donors (Lipinski definition) is 0. The SMILES string of the molecule is O=C(c1ccco1)N1CCN(c2cc(N3CCC4(CC3)OCCO4)ncn2)CC1. The maximum atomic E-state index is 12.4. The lowest BCUT2D eigenvalue weighted by Gasteiger charge is -2.38. The minimum absolute atomic E-state index is 0.0587. The van der Waals surface area contributed by atoms with Gasteiger partial charge in [-0.2, -0.15) is 0 Å². The maximum Gasteiger partial charge on any atom is 0.289 e. The molecule has 2 aromatic rings. The lowest BCUT2D eigenvalue weighted by Crippen LogP contribution is -2.49. The van der Waals surface area contributed by atoms with Crippen LogP contribution in [-0.2, 0) is 9.47 Å². The number of carbonyl (C=O) groups is 1. The van der Waals surface area contributed by atoms with E-state index >= 15 is 0 Å². The van der Waals surface area contributed by atoms with Crippen LogP contribution in [0.1, 0.15) is 23.4 Å². The molecule has 1 amide bonds. The lowest BCUT2D eigenvalue weighted by atomic mass is 10.0. The summed E-state index contributed by atoms with van der Waals surface area (Å²) in [6, 6.07) is 5.48. The summed E-state index contributed by atoms with van der Waals surface area (Å²) in [6.07, 6.45) is 4.84. The van der Waals surface area contributed by atoms with Crippen LogP contribution in [0.4, 0.5) is 11.6 Å². The van der Waals surface area contributed by atoms with Gasteiger partial charge < -0.3 is 28.6 Å². The molecule has 3 fully saturated rings. The largest absolute Gasteiger partial charge is 0.459 e. The molecule has 2 aromatic heterocycles. The van der Waals surface area contributed by atoms with Gasteiger partial charge in [0.1, 0.15) is 18.0 Å². The zero-order valence-electron chi connectivity index (χ0n) is 16.3. The molecule has 3 aliphatic rings. The van der Waals surface area contributed by atoms with Crippen molar-refractivity contribution in [2.75, 3.05) is 62.3 Å². The standard InChI is InChI=1S/C20H25N5O4/c26-19(16-2-1-11-27-16)25-9-7-24(8-10-25)18-14-17(21-15-22-18)23-5-3-20(4-6-23)28-12-13-29-20/h1-2,11,14-15H,3-10,12-13H2. The van der Waals surface area contributed by atoms with Gasteiger partial charge in [0, 0.05) is 58.2 Å². The molecule has 1 spiro atoms. The molecule has 9 heteroatoms. The summed E-state index contributed by atoms with van der Waals surface area (Å²) < 4.78 is 16.9. The third-order valence-electron chi connectivity index (χ3n) is 5.92. The third kappa shape index (κ3) is 3.67. The molecule has 3 saturated heterocycles. The van der Waals surface area contributed by atoms with Crippen LogP contribution in [0.25, 0.3) is 0 Å². The number of furan rings is 1. The van der Waals surface area contributed by atoms with Crippen molar-refractivity contribution in [1.29, 1.82) is 0 Å². The fraction of sp³-hybridized carbons (Fsp3) is 0.550. The Morgan fingerprint density at radius 2 is 1.59 bits per heavy atom. The smallest absolute Gasteiger partial charge is 0.289 e. The summed E-state index contributed by atoms with van der Waals surface area (Å²) in [7, 11) is 0. The van der Waals surface area contributed by atoms with E-state index in [0.29, 0.717) is 32.1 Å². The zero-order valence-corrected chi connectivity index (χ0v) is 16.3. The maximum absolute atomic E-state index is 12.4. The number of ether oxygens (including phenoxy) is 2. The van der Waals surface area contributed by atoms with Gasteiger partial charge in [0.2, 0.25) is 0 Å². The quantitative estimate of drug-likeness (QED) is 0.765. The molecule has 0 aliphatic carbocycles. The fourth-order valence-electron chi connectivity index (χ4n) is 4.24. The fourth-order valence-corrected chi connectivity index (χ4v) is 4.24. The highest BCUT2D eigenvalue weighted by molar-refractivity contribution is 5.91. The normalized spacial score (nSPS) is 21.7. The zero-order chi connectivity index (χ0) is 19.7. The van der Waals surface area contributed by atoms with Gasteiger partial charge in [-0.1, -0.05) is 0 Å². The Hall–Kier alpha value is -2.65. The number of hydrogen-bond acceptors (Lipinski definition) is 8. The van der Waals surface area contributed by atoms with Gasteiger partial charge in [0.15, 0.2) is 11.5 Å². The van der Waals surface area contributed by atoms with Crippen molar-refractivity contribution in [2.45, 2.75) is 18.6 Å². The summed E-state index contributed by atoms with van der Waals surface area (Å²) in [5.41, 5.74) is 0. The van der Waals surface area contributed by atoms with Crippen molar-refractivity contribution >= 4 is 17.5 Å². The first-order valence-corrected chi connectivity index (χ1v) is 10.2. The number of anilines is 2. The Morgan fingerprint density at radius 3 is 2.21 bits per heavy atom. The topological polar surface area (TPSA) is 84.2 Å². The second kappa shape index (κ2) is 7.64. The van der Waals surface area contributed by atoms with E-state index in [1.165, 1.54) is 6.26 Å². The van der Waals surface area contributed by atoms with Crippen molar-refractivity contribution in [2.24, 2.45) is 0 Å². The Morgan fingerprint density at radius 1 is 0.931 bits per heavy atom. The monoisotopic (exact) mass is 399 g/mol. The molecule has 0 unspecified atom stereocenters. The molecule has 9 nitrogen and oxygen atoms in total. The highest BCUT2D eigenvalue weighted by atomic mass is 16.7. The minimum Gasteiger partial charge on any atom is -0.459 e. The second-order valence-electron chi connectivity index (χ2n) is 7.59. The summed E-state index contributed by atoms with van der Waals surface area (Å²) in [5, 5.41) is 0. The molecule has 5 heterocycles. The molecular weight excluding hydrogens is 374 g/mol. The van der Waals surface area contributed by atoms with Crippen LogP contribution in [0.15, 0.2) is 35.2 Å². The van der Waals surface area contributed by atoms with Crippen LogP contribution in [0.5, 0.6) is 0 Å². The molecule has 0 atom stereocenters. The highest BCUT2D eigenvalue weighted by Crippen LogP contribution is 2.33. The average Bonchev–Trinajstić information content (AvgIpc) is 3.47. The molecule has 29 heavy (non-hydrogen) atoms. The number of aromatic nitrogens is 2.